The number of hydrogen-bond donors (Lipinski definition) is 0. The third-order valence-corrected chi connectivity index (χ3v) is 2.08. The highest BCUT2D eigenvalue weighted by Crippen LogP contribution is 1.99. The van der Waals surface area contributed by atoms with Gasteiger partial charge in [0.15, 0.2) is 0 Å². The second kappa shape index (κ2) is 9.52. The monoisotopic (exact) mass is 281 g/mol. The lowest BCUT2D eigenvalue weighted by Crippen LogP contribution is -2.38. The van der Waals surface area contributed by atoms with Gasteiger partial charge in [0, 0.05) is 6.54 Å². The second-order valence-electron chi connectivity index (χ2n) is 3.13. The summed E-state index contributed by atoms with van der Waals surface area (Å²) in [5, 5.41) is 0. The molecule has 0 aliphatic rings. The van der Waals surface area contributed by atoms with Gasteiger partial charge in [-0.1, -0.05) is 0 Å². The summed E-state index contributed by atoms with van der Waals surface area (Å²) in [6.45, 7) is -0.270. The van der Waals surface area contributed by atoms with E-state index in [1.54, 1.807) is 0 Å². The van der Waals surface area contributed by atoms with Crippen LogP contribution in [0.3, 0.4) is 0 Å². The van der Waals surface area contributed by atoms with Crippen molar-refractivity contribution in [2.75, 3.05) is 39.8 Å². The Labute approximate surface area is 110 Å². The lowest BCUT2D eigenvalue weighted by atomic mass is 10.4. The summed E-state index contributed by atoms with van der Waals surface area (Å²) in [7, 11) is 2.43. The van der Waals surface area contributed by atoms with Crippen LogP contribution in [-0.4, -0.2) is 62.7 Å². The Bertz CT molecular complexity index is 296. The van der Waals surface area contributed by atoms with Gasteiger partial charge in [-0.2, -0.15) is 0 Å². The average molecular weight is 282 g/mol. The fraction of sp³-hybridized carbons (Fsp3) is 0.700. The molecule has 0 aromatic heterocycles. The van der Waals surface area contributed by atoms with Crippen LogP contribution >= 0.6 is 11.6 Å². The molecule has 0 aliphatic heterocycles. The van der Waals surface area contributed by atoms with E-state index >= 15 is 0 Å². The number of carbonyl (C=O) groups excluding carboxylic acids is 3. The van der Waals surface area contributed by atoms with E-state index in [9.17, 15) is 14.4 Å². The zero-order chi connectivity index (χ0) is 14.0. The Morgan fingerprint density at radius 3 is 2.22 bits per heavy atom. The van der Waals surface area contributed by atoms with E-state index in [1.165, 1.54) is 14.2 Å². The lowest BCUT2D eigenvalue weighted by molar-refractivity contribution is -0.144. The molecule has 0 rings (SSSR count). The number of esters is 2. The van der Waals surface area contributed by atoms with E-state index in [-0.39, 0.29) is 32.0 Å². The van der Waals surface area contributed by atoms with Gasteiger partial charge in [-0.25, -0.2) is 4.79 Å². The number of carbonyl (C=O) groups is 3. The Hall–Kier alpha value is -1.50. The van der Waals surface area contributed by atoms with Crippen LogP contribution in [0.25, 0.3) is 0 Å². The zero-order valence-electron chi connectivity index (χ0n) is 10.3. The summed E-state index contributed by atoms with van der Waals surface area (Å²) in [6, 6.07) is 0. The van der Waals surface area contributed by atoms with Crippen LogP contribution < -0.4 is 0 Å². The summed E-state index contributed by atoms with van der Waals surface area (Å²) < 4.78 is 13.6. The van der Waals surface area contributed by atoms with Gasteiger partial charge >= 0.3 is 18.0 Å². The smallest absolute Gasteiger partial charge is 0.410 e. The van der Waals surface area contributed by atoms with Gasteiger partial charge in [0.05, 0.1) is 26.5 Å². The molecule has 0 aliphatic carbocycles. The minimum atomic E-state index is -0.732. The quantitative estimate of drug-likeness (QED) is 0.382. The molecule has 104 valence electrons. The molecule has 0 unspecified atom stereocenters. The molecule has 0 radical (unpaired) electrons. The average Bonchev–Trinajstić information content (AvgIpc) is 2.39. The van der Waals surface area contributed by atoms with Crippen molar-refractivity contribution in [3.05, 3.63) is 0 Å². The fourth-order valence-electron chi connectivity index (χ4n) is 1.00. The second-order valence-corrected chi connectivity index (χ2v) is 3.51. The van der Waals surface area contributed by atoms with Crippen LogP contribution in [0.5, 0.6) is 0 Å². The van der Waals surface area contributed by atoms with Crippen molar-refractivity contribution < 1.29 is 28.6 Å². The number of hydrogen-bond acceptors (Lipinski definition) is 6. The van der Waals surface area contributed by atoms with Gasteiger partial charge in [0.25, 0.3) is 0 Å². The maximum Gasteiger partial charge on any atom is 0.410 e. The van der Waals surface area contributed by atoms with Crippen LogP contribution in [-0.2, 0) is 23.8 Å². The van der Waals surface area contributed by atoms with Crippen molar-refractivity contribution in [2.24, 2.45) is 0 Å². The Morgan fingerprint density at radius 2 is 1.72 bits per heavy atom. The predicted octanol–water partition coefficient (Wildman–Crippen LogP) is 0.400. The molecule has 0 fully saturated rings. The first kappa shape index (κ1) is 16.5. The van der Waals surface area contributed by atoms with E-state index in [4.69, 9.17) is 16.3 Å². The first-order chi connectivity index (χ1) is 8.54. The van der Waals surface area contributed by atoms with Gasteiger partial charge in [0.1, 0.15) is 13.2 Å². The van der Waals surface area contributed by atoms with Gasteiger partial charge < -0.3 is 14.2 Å². The molecule has 1 amide bonds. The minimum absolute atomic E-state index is 0.00287. The number of alkyl halides is 1. The van der Waals surface area contributed by atoms with Crippen LogP contribution in [0.2, 0.25) is 0 Å². The van der Waals surface area contributed by atoms with Crippen LogP contribution in [0.4, 0.5) is 4.79 Å². The molecular formula is C10H16ClNO6. The molecule has 0 bridgehead atoms. The molecule has 0 heterocycles. The Kier molecular flexibility index (Phi) is 8.73. The van der Waals surface area contributed by atoms with Crippen LogP contribution in [0, 0.1) is 0 Å². The standard InChI is InChI=1S/C10H16ClNO6/c1-16-8(13)3-5-12(7-9(14)17-2)10(15)18-6-4-11/h3-7H2,1-2H3. The number of halogens is 1. The van der Waals surface area contributed by atoms with Crippen molar-refractivity contribution >= 4 is 29.6 Å². The highest BCUT2D eigenvalue weighted by molar-refractivity contribution is 6.18. The van der Waals surface area contributed by atoms with Crippen molar-refractivity contribution in [2.45, 2.75) is 6.42 Å². The zero-order valence-corrected chi connectivity index (χ0v) is 11.1. The summed E-state index contributed by atoms with van der Waals surface area (Å²) >= 11 is 5.37. The molecule has 7 nitrogen and oxygen atoms in total. The van der Waals surface area contributed by atoms with Gasteiger partial charge in [-0.3, -0.25) is 14.5 Å². The van der Waals surface area contributed by atoms with Crippen molar-refractivity contribution in [3.63, 3.8) is 0 Å². The molecule has 18 heavy (non-hydrogen) atoms. The largest absolute Gasteiger partial charge is 0.469 e. The minimum Gasteiger partial charge on any atom is -0.469 e. The normalized spacial score (nSPS) is 9.50. The number of amides is 1. The molecule has 0 saturated heterocycles. The first-order valence-electron chi connectivity index (χ1n) is 5.16. The summed E-state index contributed by atoms with van der Waals surface area (Å²) in [5.41, 5.74) is 0. The molecular weight excluding hydrogens is 266 g/mol. The van der Waals surface area contributed by atoms with Crippen LogP contribution in [0.15, 0.2) is 0 Å². The number of ether oxygens (including phenoxy) is 3. The number of methoxy groups -OCH3 is 2. The third kappa shape index (κ3) is 6.95. The van der Waals surface area contributed by atoms with Gasteiger partial charge in [-0.15, -0.1) is 11.6 Å². The lowest BCUT2D eigenvalue weighted by Gasteiger charge is -2.20. The topological polar surface area (TPSA) is 82.1 Å². The Balaban J connectivity index is 4.36. The fourth-order valence-corrected chi connectivity index (χ4v) is 1.08. The maximum atomic E-state index is 11.5. The maximum absolute atomic E-state index is 11.5. The molecule has 0 spiro atoms. The molecule has 0 saturated carbocycles. The highest BCUT2D eigenvalue weighted by atomic mass is 35.5. The molecule has 8 heteroatoms. The number of nitrogens with zero attached hydrogens (tertiary/aromatic N) is 1. The highest BCUT2D eigenvalue weighted by Gasteiger charge is 2.19. The van der Waals surface area contributed by atoms with Crippen molar-refractivity contribution in [3.8, 4) is 0 Å². The van der Waals surface area contributed by atoms with Crippen molar-refractivity contribution in [1.82, 2.24) is 4.90 Å². The van der Waals surface area contributed by atoms with Gasteiger partial charge in [-0.05, 0) is 0 Å². The molecule has 0 N–H and O–H groups in total. The summed E-state index contributed by atoms with van der Waals surface area (Å²) in [4.78, 5) is 34.7. The van der Waals surface area contributed by atoms with E-state index < -0.39 is 18.0 Å². The number of rotatable bonds is 7. The molecule has 0 aromatic rings. The van der Waals surface area contributed by atoms with Crippen molar-refractivity contribution in [1.29, 1.82) is 0 Å². The summed E-state index contributed by atoms with van der Waals surface area (Å²) in [6.07, 6.45) is -0.770. The van der Waals surface area contributed by atoms with Gasteiger partial charge in [0.2, 0.25) is 0 Å². The van der Waals surface area contributed by atoms with Crippen LogP contribution in [0.1, 0.15) is 6.42 Å². The molecule has 0 atom stereocenters. The van der Waals surface area contributed by atoms with E-state index in [0.29, 0.717) is 0 Å². The SMILES string of the molecule is COC(=O)CCN(CC(=O)OC)C(=O)OCCCl. The third-order valence-electron chi connectivity index (χ3n) is 1.92. The molecule has 0 aromatic carbocycles. The predicted molar refractivity (Wildman–Crippen MR) is 62.3 cm³/mol. The Morgan fingerprint density at radius 1 is 1.11 bits per heavy atom. The summed E-state index contributed by atoms with van der Waals surface area (Å²) in [5.74, 6) is -0.952. The first-order valence-corrected chi connectivity index (χ1v) is 5.69. The van der Waals surface area contributed by atoms with E-state index in [2.05, 4.69) is 9.47 Å². The van der Waals surface area contributed by atoms with E-state index in [1.807, 2.05) is 0 Å². The van der Waals surface area contributed by atoms with E-state index in [0.717, 1.165) is 4.90 Å².